The van der Waals surface area contributed by atoms with Crippen LogP contribution >= 0.6 is 24.0 Å². The standard InChI is InChI=1S/C21H29N3O3.HI/c1-5-22-21(24-15-16-9-7-6-8-10-16)23-12-11-18-19(26-3)13-17(25-2)14-20(18)27-4;/h6-10,13-14H,5,11-12,15H2,1-4H3,(H2,22,23,24);1H. The van der Waals surface area contributed by atoms with Gasteiger partial charge < -0.3 is 24.8 Å². The van der Waals surface area contributed by atoms with Crippen molar-refractivity contribution in [3.63, 3.8) is 0 Å². The lowest BCUT2D eigenvalue weighted by Crippen LogP contribution is -2.38. The first-order valence-corrected chi connectivity index (χ1v) is 9.06. The lowest BCUT2D eigenvalue weighted by atomic mass is 10.1. The molecule has 2 rings (SSSR count). The maximum Gasteiger partial charge on any atom is 0.191 e. The maximum atomic E-state index is 5.51. The van der Waals surface area contributed by atoms with Gasteiger partial charge in [-0.05, 0) is 18.9 Å². The Labute approximate surface area is 184 Å². The molecule has 7 heteroatoms. The third-order valence-corrected chi connectivity index (χ3v) is 4.09. The molecule has 0 heterocycles. The number of nitrogens with one attached hydrogen (secondary N) is 2. The first-order valence-electron chi connectivity index (χ1n) is 9.06. The normalized spacial score (nSPS) is 10.6. The quantitative estimate of drug-likeness (QED) is 0.314. The van der Waals surface area contributed by atoms with Crippen LogP contribution in [0.1, 0.15) is 18.1 Å². The van der Waals surface area contributed by atoms with Gasteiger partial charge in [0.1, 0.15) is 17.2 Å². The second-order valence-corrected chi connectivity index (χ2v) is 5.87. The van der Waals surface area contributed by atoms with Crippen molar-refractivity contribution >= 4 is 29.9 Å². The number of hydrogen-bond acceptors (Lipinski definition) is 4. The highest BCUT2D eigenvalue weighted by Crippen LogP contribution is 2.34. The Balaban J connectivity index is 0.00000392. The van der Waals surface area contributed by atoms with E-state index in [2.05, 4.69) is 34.7 Å². The van der Waals surface area contributed by atoms with Crippen molar-refractivity contribution in [3.05, 3.63) is 53.6 Å². The minimum absolute atomic E-state index is 0. The Bertz CT molecular complexity index is 714. The van der Waals surface area contributed by atoms with E-state index in [1.165, 1.54) is 5.56 Å². The van der Waals surface area contributed by atoms with Crippen molar-refractivity contribution in [2.75, 3.05) is 34.4 Å². The zero-order valence-electron chi connectivity index (χ0n) is 17.0. The lowest BCUT2D eigenvalue weighted by Gasteiger charge is -2.16. The van der Waals surface area contributed by atoms with Gasteiger partial charge in [0.2, 0.25) is 0 Å². The SMILES string of the molecule is CCNC(=NCc1ccccc1)NCCc1c(OC)cc(OC)cc1OC.I. The summed E-state index contributed by atoms with van der Waals surface area (Å²) in [5, 5.41) is 6.64. The molecule has 2 aromatic carbocycles. The van der Waals surface area contributed by atoms with Crippen LogP contribution in [0.15, 0.2) is 47.5 Å². The molecule has 0 unspecified atom stereocenters. The molecule has 0 aliphatic carbocycles. The van der Waals surface area contributed by atoms with Gasteiger partial charge in [-0.25, -0.2) is 4.99 Å². The predicted octanol–water partition coefficient (Wildman–Crippen LogP) is 3.63. The highest BCUT2D eigenvalue weighted by molar-refractivity contribution is 14.0. The summed E-state index contributed by atoms with van der Waals surface area (Å²) in [6.07, 6.45) is 0.728. The molecular formula is C21H30IN3O3. The van der Waals surface area contributed by atoms with E-state index in [0.717, 1.165) is 36.0 Å². The lowest BCUT2D eigenvalue weighted by molar-refractivity contribution is 0.368. The molecular weight excluding hydrogens is 469 g/mol. The summed E-state index contributed by atoms with van der Waals surface area (Å²) in [5.41, 5.74) is 2.17. The van der Waals surface area contributed by atoms with Gasteiger partial charge in [0.05, 0.1) is 27.9 Å². The molecule has 0 aliphatic heterocycles. The maximum absolute atomic E-state index is 5.51. The fourth-order valence-electron chi connectivity index (χ4n) is 2.73. The van der Waals surface area contributed by atoms with Crippen LogP contribution in [0.25, 0.3) is 0 Å². The van der Waals surface area contributed by atoms with Gasteiger partial charge in [0.15, 0.2) is 5.96 Å². The Morgan fingerprint density at radius 1 is 0.929 bits per heavy atom. The molecule has 0 saturated carbocycles. The summed E-state index contributed by atoms with van der Waals surface area (Å²) in [6.45, 7) is 4.18. The molecule has 0 amide bonds. The molecule has 2 N–H and O–H groups in total. The van der Waals surface area contributed by atoms with E-state index in [9.17, 15) is 0 Å². The minimum atomic E-state index is 0. The number of ether oxygens (including phenoxy) is 3. The molecule has 0 radical (unpaired) electrons. The molecule has 0 bridgehead atoms. The van der Waals surface area contributed by atoms with E-state index in [1.807, 2.05) is 30.3 Å². The van der Waals surface area contributed by atoms with Crippen molar-refractivity contribution in [2.24, 2.45) is 4.99 Å². The monoisotopic (exact) mass is 499 g/mol. The van der Waals surface area contributed by atoms with Crippen molar-refractivity contribution in [1.82, 2.24) is 10.6 Å². The largest absolute Gasteiger partial charge is 0.496 e. The summed E-state index contributed by atoms with van der Waals surface area (Å²) in [6, 6.07) is 13.9. The summed E-state index contributed by atoms with van der Waals surface area (Å²) in [4.78, 5) is 4.64. The number of aliphatic imine (C=N–C) groups is 1. The molecule has 0 aliphatic rings. The highest BCUT2D eigenvalue weighted by Gasteiger charge is 2.13. The predicted molar refractivity (Wildman–Crippen MR) is 124 cm³/mol. The molecule has 0 fully saturated rings. The second kappa shape index (κ2) is 13.1. The van der Waals surface area contributed by atoms with Crippen LogP contribution < -0.4 is 24.8 Å². The molecule has 154 valence electrons. The topological polar surface area (TPSA) is 64.1 Å². The third-order valence-electron chi connectivity index (χ3n) is 4.09. The van der Waals surface area contributed by atoms with Crippen molar-refractivity contribution < 1.29 is 14.2 Å². The van der Waals surface area contributed by atoms with Crippen LogP contribution in [0.3, 0.4) is 0 Å². The summed E-state index contributed by atoms with van der Waals surface area (Å²) >= 11 is 0. The van der Waals surface area contributed by atoms with Gasteiger partial charge in [-0.3, -0.25) is 0 Å². The molecule has 0 saturated heterocycles. The summed E-state index contributed by atoms with van der Waals surface area (Å²) in [7, 11) is 4.92. The average molecular weight is 499 g/mol. The minimum Gasteiger partial charge on any atom is -0.496 e. The zero-order valence-corrected chi connectivity index (χ0v) is 19.3. The van der Waals surface area contributed by atoms with Crippen molar-refractivity contribution in [3.8, 4) is 17.2 Å². The number of hydrogen-bond donors (Lipinski definition) is 2. The summed E-state index contributed by atoms with van der Waals surface area (Å²) in [5.74, 6) is 2.99. The Morgan fingerprint density at radius 2 is 1.57 bits per heavy atom. The second-order valence-electron chi connectivity index (χ2n) is 5.87. The van der Waals surface area contributed by atoms with E-state index >= 15 is 0 Å². The Kier molecular flexibility index (Phi) is 11.2. The van der Waals surface area contributed by atoms with Crippen LogP contribution in [-0.2, 0) is 13.0 Å². The van der Waals surface area contributed by atoms with Crippen molar-refractivity contribution in [1.29, 1.82) is 0 Å². The van der Waals surface area contributed by atoms with E-state index in [4.69, 9.17) is 14.2 Å². The van der Waals surface area contributed by atoms with Crippen molar-refractivity contribution in [2.45, 2.75) is 19.9 Å². The number of methoxy groups -OCH3 is 3. The number of benzene rings is 2. The van der Waals surface area contributed by atoms with Crippen LogP contribution in [0, 0.1) is 0 Å². The molecule has 28 heavy (non-hydrogen) atoms. The molecule has 0 spiro atoms. The zero-order chi connectivity index (χ0) is 19.5. The van der Waals surface area contributed by atoms with Gasteiger partial charge in [0.25, 0.3) is 0 Å². The first-order chi connectivity index (χ1) is 13.2. The van der Waals surface area contributed by atoms with Gasteiger partial charge in [-0.1, -0.05) is 30.3 Å². The number of rotatable bonds is 9. The number of halogens is 1. The fourth-order valence-corrected chi connectivity index (χ4v) is 2.73. The molecule has 0 aromatic heterocycles. The van der Waals surface area contributed by atoms with Crippen LogP contribution in [0.4, 0.5) is 0 Å². The van der Waals surface area contributed by atoms with Gasteiger partial charge in [0, 0.05) is 30.8 Å². The number of nitrogens with zero attached hydrogens (tertiary/aromatic N) is 1. The fraction of sp³-hybridized carbons (Fsp3) is 0.381. The van der Waals surface area contributed by atoms with Crippen LogP contribution in [0.2, 0.25) is 0 Å². The number of guanidine groups is 1. The van der Waals surface area contributed by atoms with Crippen LogP contribution in [0.5, 0.6) is 17.2 Å². The first kappa shape index (κ1) is 23.9. The third kappa shape index (κ3) is 7.10. The van der Waals surface area contributed by atoms with Gasteiger partial charge in [-0.2, -0.15) is 0 Å². The highest BCUT2D eigenvalue weighted by atomic mass is 127. The van der Waals surface area contributed by atoms with E-state index in [1.54, 1.807) is 21.3 Å². The summed E-state index contributed by atoms with van der Waals surface area (Å²) < 4.78 is 16.3. The van der Waals surface area contributed by atoms with Gasteiger partial charge >= 0.3 is 0 Å². The molecule has 0 atom stereocenters. The van der Waals surface area contributed by atoms with E-state index in [-0.39, 0.29) is 24.0 Å². The average Bonchev–Trinajstić information content (AvgIpc) is 2.72. The molecule has 6 nitrogen and oxygen atoms in total. The van der Waals surface area contributed by atoms with Gasteiger partial charge in [-0.15, -0.1) is 24.0 Å². The Morgan fingerprint density at radius 3 is 2.11 bits per heavy atom. The van der Waals surface area contributed by atoms with E-state index in [0.29, 0.717) is 18.8 Å². The van der Waals surface area contributed by atoms with E-state index < -0.39 is 0 Å². The smallest absolute Gasteiger partial charge is 0.191 e. The Hall–Kier alpha value is -2.16. The molecule has 2 aromatic rings. The van der Waals surface area contributed by atoms with Crippen LogP contribution in [-0.4, -0.2) is 40.4 Å².